The molecule has 1 saturated heterocycles. The van der Waals surface area contributed by atoms with E-state index in [1.165, 1.54) is 6.92 Å². The number of rotatable bonds is 3. The molecule has 1 aliphatic rings. The van der Waals surface area contributed by atoms with Crippen LogP contribution in [0, 0.1) is 0 Å². The van der Waals surface area contributed by atoms with Gasteiger partial charge in [-0.1, -0.05) is 6.92 Å². The van der Waals surface area contributed by atoms with Crippen molar-refractivity contribution < 1.29 is 22.8 Å². The van der Waals surface area contributed by atoms with Gasteiger partial charge in [-0.25, -0.2) is 0 Å². The second kappa shape index (κ2) is 4.93. The number of nitrogens with one attached hydrogen (secondary N) is 1. The highest BCUT2D eigenvalue weighted by Gasteiger charge is 2.40. The van der Waals surface area contributed by atoms with Gasteiger partial charge in [0, 0.05) is 6.04 Å². The summed E-state index contributed by atoms with van der Waals surface area (Å²) in [6, 6.07) is -1.81. The Hall–Kier alpha value is -1.27. The number of carbonyl (C=O) groups excluding carboxylic acids is 2. The molecule has 1 fully saturated rings. The van der Waals surface area contributed by atoms with Crippen molar-refractivity contribution in [2.24, 2.45) is 0 Å². The molecule has 98 valence electrons. The van der Waals surface area contributed by atoms with Gasteiger partial charge in [-0.2, -0.15) is 13.2 Å². The van der Waals surface area contributed by atoms with Gasteiger partial charge < -0.3 is 10.2 Å². The zero-order valence-corrected chi connectivity index (χ0v) is 9.67. The monoisotopic (exact) mass is 252 g/mol. The van der Waals surface area contributed by atoms with E-state index in [4.69, 9.17) is 0 Å². The van der Waals surface area contributed by atoms with E-state index in [9.17, 15) is 22.8 Å². The molecule has 0 aliphatic carbocycles. The number of halogens is 3. The summed E-state index contributed by atoms with van der Waals surface area (Å²) >= 11 is 0. The van der Waals surface area contributed by atoms with Gasteiger partial charge in [-0.15, -0.1) is 0 Å². The molecule has 2 unspecified atom stereocenters. The number of alkyl halides is 3. The lowest BCUT2D eigenvalue weighted by atomic mass is 10.0. The second-order valence-corrected chi connectivity index (χ2v) is 4.11. The first-order valence-corrected chi connectivity index (χ1v) is 5.42. The summed E-state index contributed by atoms with van der Waals surface area (Å²) < 4.78 is 36.8. The largest absolute Gasteiger partial charge is 0.391 e. The molecule has 17 heavy (non-hydrogen) atoms. The number of hydrogen-bond acceptors (Lipinski definition) is 2. The average Bonchev–Trinajstić information content (AvgIpc) is 2.18. The van der Waals surface area contributed by atoms with Crippen LogP contribution in [0.4, 0.5) is 13.2 Å². The van der Waals surface area contributed by atoms with Crippen LogP contribution in [-0.4, -0.2) is 41.5 Å². The van der Waals surface area contributed by atoms with Gasteiger partial charge in [0.15, 0.2) is 0 Å². The van der Waals surface area contributed by atoms with E-state index in [2.05, 4.69) is 5.32 Å². The molecule has 0 spiro atoms. The predicted octanol–water partition coefficient (Wildman–Crippen LogP) is 1.06. The molecule has 0 saturated carbocycles. The molecule has 4 nitrogen and oxygen atoms in total. The first-order chi connectivity index (χ1) is 7.76. The Morgan fingerprint density at radius 2 is 2.06 bits per heavy atom. The van der Waals surface area contributed by atoms with Crippen molar-refractivity contribution in [3.63, 3.8) is 0 Å². The van der Waals surface area contributed by atoms with E-state index in [0.717, 1.165) is 4.90 Å². The minimum Gasteiger partial charge on any atom is -0.345 e. The number of amides is 2. The molecule has 0 bridgehead atoms. The summed E-state index contributed by atoms with van der Waals surface area (Å²) in [5.74, 6) is -0.852. The quantitative estimate of drug-likeness (QED) is 0.816. The molecule has 2 amide bonds. The molecule has 1 heterocycles. The lowest BCUT2D eigenvalue weighted by Crippen LogP contribution is -2.61. The predicted molar refractivity (Wildman–Crippen MR) is 54.1 cm³/mol. The SMILES string of the molecule is CCC1C(=O)NCC(=O)N1C(C)CC(F)(F)F. The Morgan fingerprint density at radius 3 is 2.53 bits per heavy atom. The van der Waals surface area contributed by atoms with Crippen molar-refractivity contribution in [3.8, 4) is 0 Å². The van der Waals surface area contributed by atoms with Crippen LogP contribution in [0.3, 0.4) is 0 Å². The topological polar surface area (TPSA) is 49.4 Å². The molecule has 0 radical (unpaired) electrons. The van der Waals surface area contributed by atoms with E-state index >= 15 is 0 Å². The van der Waals surface area contributed by atoms with Crippen LogP contribution in [0.15, 0.2) is 0 Å². The highest BCUT2D eigenvalue weighted by atomic mass is 19.4. The van der Waals surface area contributed by atoms with E-state index in [-0.39, 0.29) is 12.5 Å². The van der Waals surface area contributed by atoms with Crippen LogP contribution < -0.4 is 5.32 Å². The number of nitrogens with zero attached hydrogens (tertiary/aromatic N) is 1. The summed E-state index contributed by atoms with van der Waals surface area (Å²) in [6.45, 7) is 2.75. The van der Waals surface area contributed by atoms with Gasteiger partial charge in [-0.3, -0.25) is 9.59 Å². The Bertz CT molecular complexity index is 317. The maximum atomic E-state index is 12.3. The minimum absolute atomic E-state index is 0.225. The van der Waals surface area contributed by atoms with Gasteiger partial charge in [-0.05, 0) is 13.3 Å². The molecule has 1 aliphatic heterocycles. The molecule has 1 N–H and O–H groups in total. The van der Waals surface area contributed by atoms with Crippen molar-refractivity contribution in [2.45, 2.75) is 44.9 Å². The van der Waals surface area contributed by atoms with Gasteiger partial charge >= 0.3 is 6.18 Å². The summed E-state index contributed by atoms with van der Waals surface area (Å²) in [4.78, 5) is 24.1. The van der Waals surface area contributed by atoms with Crippen molar-refractivity contribution in [2.75, 3.05) is 6.54 Å². The van der Waals surface area contributed by atoms with Crippen molar-refractivity contribution in [1.82, 2.24) is 10.2 Å². The van der Waals surface area contributed by atoms with Gasteiger partial charge in [0.05, 0.1) is 13.0 Å². The summed E-state index contributed by atoms with van der Waals surface area (Å²) in [5.41, 5.74) is 0. The summed E-state index contributed by atoms with van der Waals surface area (Å²) in [7, 11) is 0. The third kappa shape index (κ3) is 3.34. The number of hydrogen-bond donors (Lipinski definition) is 1. The Kier molecular flexibility index (Phi) is 4.00. The average molecular weight is 252 g/mol. The highest BCUT2D eigenvalue weighted by Crippen LogP contribution is 2.26. The molecular formula is C10H15F3N2O2. The van der Waals surface area contributed by atoms with E-state index in [1.807, 2.05) is 0 Å². The fourth-order valence-corrected chi connectivity index (χ4v) is 2.04. The van der Waals surface area contributed by atoms with Gasteiger partial charge in [0.1, 0.15) is 6.04 Å². The van der Waals surface area contributed by atoms with Crippen LogP contribution in [0.5, 0.6) is 0 Å². The van der Waals surface area contributed by atoms with E-state index in [0.29, 0.717) is 6.42 Å². The van der Waals surface area contributed by atoms with Gasteiger partial charge in [0.2, 0.25) is 11.8 Å². The Balaban J connectivity index is 2.83. The van der Waals surface area contributed by atoms with Gasteiger partial charge in [0.25, 0.3) is 0 Å². The van der Waals surface area contributed by atoms with Crippen molar-refractivity contribution in [1.29, 1.82) is 0 Å². The zero-order valence-electron chi connectivity index (χ0n) is 9.67. The van der Waals surface area contributed by atoms with Crippen LogP contribution in [0.1, 0.15) is 26.7 Å². The number of piperazine rings is 1. The third-order valence-corrected chi connectivity index (χ3v) is 2.73. The van der Waals surface area contributed by atoms with Crippen LogP contribution in [0.2, 0.25) is 0 Å². The number of carbonyl (C=O) groups is 2. The van der Waals surface area contributed by atoms with Crippen LogP contribution in [-0.2, 0) is 9.59 Å². The van der Waals surface area contributed by atoms with E-state index < -0.39 is 30.6 Å². The second-order valence-electron chi connectivity index (χ2n) is 4.11. The zero-order chi connectivity index (χ0) is 13.2. The first-order valence-electron chi connectivity index (χ1n) is 5.42. The minimum atomic E-state index is -4.34. The fourth-order valence-electron chi connectivity index (χ4n) is 2.04. The molecule has 7 heteroatoms. The Morgan fingerprint density at radius 1 is 1.47 bits per heavy atom. The van der Waals surface area contributed by atoms with Crippen molar-refractivity contribution in [3.05, 3.63) is 0 Å². The highest BCUT2D eigenvalue weighted by molar-refractivity contribution is 5.94. The lowest BCUT2D eigenvalue weighted by molar-refractivity contribution is -0.162. The molecule has 0 aromatic heterocycles. The summed E-state index contributed by atoms with van der Waals surface area (Å²) in [5, 5.41) is 2.37. The lowest BCUT2D eigenvalue weighted by Gasteiger charge is -2.38. The molecule has 1 rings (SSSR count). The first kappa shape index (κ1) is 13.8. The normalized spacial score (nSPS) is 23.6. The van der Waals surface area contributed by atoms with Crippen LogP contribution >= 0.6 is 0 Å². The fraction of sp³-hybridized carbons (Fsp3) is 0.800. The summed E-state index contributed by atoms with van der Waals surface area (Å²) in [6.07, 6.45) is -5.13. The maximum absolute atomic E-state index is 12.3. The molecule has 0 aromatic carbocycles. The third-order valence-electron chi connectivity index (χ3n) is 2.73. The van der Waals surface area contributed by atoms with Crippen LogP contribution in [0.25, 0.3) is 0 Å². The smallest absolute Gasteiger partial charge is 0.345 e. The molecule has 0 aromatic rings. The van der Waals surface area contributed by atoms with Crippen molar-refractivity contribution >= 4 is 11.8 Å². The van der Waals surface area contributed by atoms with E-state index in [1.54, 1.807) is 6.92 Å². The molecule has 2 atom stereocenters. The maximum Gasteiger partial charge on any atom is 0.391 e. The Labute approximate surface area is 97.1 Å². The standard InChI is InChI=1S/C10H15F3N2O2/c1-3-7-9(17)14-5-8(16)15(7)6(2)4-10(11,12)13/h6-7H,3-5H2,1-2H3,(H,14,17). The molecular weight excluding hydrogens is 237 g/mol.